The van der Waals surface area contributed by atoms with E-state index in [9.17, 15) is 9.18 Å². The number of halogens is 3. The molecule has 150 valence electrons. The Morgan fingerprint density at radius 1 is 1.10 bits per heavy atom. The number of carbonyl (C=O) groups is 1. The van der Waals surface area contributed by atoms with Gasteiger partial charge in [-0.3, -0.25) is 9.69 Å². The van der Waals surface area contributed by atoms with Crippen LogP contribution in [0.25, 0.3) is 11.5 Å². The smallest absolute Gasteiger partial charge is 0.259 e. The third-order valence-corrected chi connectivity index (χ3v) is 5.31. The first kappa shape index (κ1) is 19.8. The maximum Gasteiger partial charge on any atom is 0.259 e. The molecule has 2 aromatic carbocycles. The van der Waals surface area contributed by atoms with Crippen molar-refractivity contribution >= 4 is 29.1 Å². The molecule has 1 aliphatic heterocycles. The molecule has 0 saturated carbocycles. The minimum atomic E-state index is -0.500. The van der Waals surface area contributed by atoms with Crippen LogP contribution in [-0.4, -0.2) is 52.0 Å². The van der Waals surface area contributed by atoms with E-state index >= 15 is 0 Å². The van der Waals surface area contributed by atoms with Crippen molar-refractivity contribution in [1.82, 2.24) is 19.9 Å². The van der Waals surface area contributed by atoms with Crippen LogP contribution in [0.15, 0.2) is 47.0 Å². The summed E-state index contributed by atoms with van der Waals surface area (Å²) in [7, 11) is 0. The van der Waals surface area contributed by atoms with Crippen molar-refractivity contribution < 1.29 is 13.7 Å². The first-order valence-electron chi connectivity index (χ1n) is 9.05. The van der Waals surface area contributed by atoms with Crippen molar-refractivity contribution in [3.8, 4) is 11.5 Å². The Bertz CT molecular complexity index is 1030. The van der Waals surface area contributed by atoms with Crippen molar-refractivity contribution in [2.75, 3.05) is 26.2 Å². The summed E-state index contributed by atoms with van der Waals surface area (Å²) < 4.78 is 19.2. The zero-order chi connectivity index (χ0) is 20.4. The highest BCUT2D eigenvalue weighted by Crippen LogP contribution is 2.29. The monoisotopic (exact) mass is 434 g/mol. The number of nitrogens with zero attached hydrogens (tertiary/aromatic N) is 4. The highest BCUT2D eigenvalue weighted by atomic mass is 35.5. The number of amides is 1. The second-order valence-electron chi connectivity index (χ2n) is 6.69. The lowest BCUT2D eigenvalue weighted by Crippen LogP contribution is -2.48. The Morgan fingerprint density at radius 2 is 1.86 bits per heavy atom. The molecule has 0 N–H and O–H groups in total. The quantitative estimate of drug-likeness (QED) is 0.617. The fraction of sp³-hybridized carbons (Fsp3) is 0.250. The van der Waals surface area contributed by atoms with Gasteiger partial charge >= 0.3 is 0 Å². The maximum absolute atomic E-state index is 13.9. The van der Waals surface area contributed by atoms with Gasteiger partial charge in [-0.1, -0.05) is 40.5 Å². The highest BCUT2D eigenvalue weighted by Gasteiger charge is 2.25. The van der Waals surface area contributed by atoms with E-state index in [1.165, 1.54) is 12.1 Å². The molecule has 1 aromatic heterocycles. The van der Waals surface area contributed by atoms with Crippen LogP contribution in [0, 0.1) is 5.82 Å². The molecule has 0 radical (unpaired) electrons. The molecule has 0 aliphatic carbocycles. The van der Waals surface area contributed by atoms with Crippen LogP contribution in [0.4, 0.5) is 4.39 Å². The third kappa shape index (κ3) is 4.42. The first-order chi connectivity index (χ1) is 14.0. The second kappa shape index (κ2) is 8.49. The second-order valence-corrected chi connectivity index (χ2v) is 7.53. The van der Waals surface area contributed by atoms with Crippen molar-refractivity contribution in [2.24, 2.45) is 0 Å². The summed E-state index contributed by atoms with van der Waals surface area (Å²) in [6.45, 7) is 2.75. The predicted molar refractivity (Wildman–Crippen MR) is 107 cm³/mol. The molecule has 0 unspecified atom stereocenters. The minimum absolute atomic E-state index is 0.101. The number of aromatic nitrogens is 2. The van der Waals surface area contributed by atoms with Gasteiger partial charge in [-0.25, -0.2) is 4.39 Å². The van der Waals surface area contributed by atoms with Crippen LogP contribution in [0.3, 0.4) is 0 Å². The zero-order valence-corrected chi connectivity index (χ0v) is 16.8. The van der Waals surface area contributed by atoms with Gasteiger partial charge in [0.2, 0.25) is 0 Å². The molecule has 0 bridgehead atoms. The number of carbonyl (C=O) groups excluding carboxylic acids is 1. The van der Waals surface area contributed by atoms with Crippen LogP contribution < -0.4 is 0 Å². The highest BCUT2D eigenvalue weighted by molar-refractivity contribution is 6.36. The van der Waals surface area contributed by atoms with E-state index in [0.717, 1.165) is 0 Å². The summed E-state index contributed by atoms with van der Waals surface area (Å²) in [6, 6.07) is 11.1. The molecule has 1 saturated heterocycles. The van der Waals surface area contributed by atoms with E-state index in [-0.39, 0.29) is 11.5 Å². The van der Waals surface area contributed by atoms with Gasteiger partial charge in [0, 0.05) is 31.2 Å². The molecule has 4 rings (SSSR count). The number of piperazine rings is 1. The largest absolute Gasteiger partial charge is 0.336 e. The Kier molecular flexibility index (Phi) is 5.80. The van der Waals surface area contributed by atoms with Gasteiger partial charge in [-0.05, 0) is 30.3 Å². The fourth-order valence-corrected chi connectivity index (χ4v) is 3.69. The number of hydrogen-bond acceptors (Lipinski definition) is 5. The summed E-state index contributed by atoms with van der Waals surface area (Å²) in [4.78, 5) is 20.7. The summed E-state index contributed by atoms with van der Waals surface area (Å²) >= 11 is 12.1. The van der Waals surface area contributed by atoms with Gasteiger partial charge in [0.05, 0.1) is 22.7 Å². The predicted octanol–water partition coefficient (Wildman–Crippen LogP) is 4.14. The molecule has 3 aromatic rings. The van der Waals surface area contributed by atoms with Crippen LogP contribution in [-0.2, 0) is 6.54 Å². The fourth-order valence-electron chi connectivity index (χ4n) is 3.20. The molecule has 1 fully saturated rings. The normalized spacial score (nSPS) is 14.9. The third-order valence-electron chi connectivity index (χ3n) is 4.76. The van der Waals surface area contributed by atoms with Gasteiger partial charge in [0.1, 0.15) is 5.82 Å². The standard InChI is InChI=1S/C20H17Cl2FN4O2/c21-13-5-6-14(16(22)11-13)19-24-18(25-29-19)12-26-7-9-27(10-8-26)20(28)15-3-1-2-4-17(15)23/h1-6,11H,7-10,12H2. The van der Waals surface area contributed by atoms with Gasteiger partial charge < -0.3 is 9.42 Å². The Labute approximate surface area is 176 Å². The molecule has 29 heavy (non-hydrogen) atoms. The van der Waals surface area contributed by atoms with E-state index in [1.807, 2.05) is 0 Å². The Hall–Kier alpha value is -2.48. The number of benzene rings is 2. The zero-order valence-electron chi connectivity index (χ0n) is 15.3. The Morgan fingerprint density at radius 3 is 2.59 bits per heavy atom. The van der Waals surface area contributed by atoms with E-state index in [1.54, 1.807) is 35.2 Å². The first-order valence-corrected chi connectivity index (χ1v) is 9.81. The molecule has 2 heterocycles. The van der Waals surface area contributed by atoms with Crippen LogP contribution >= 0.6 is 23.2 Å². The lowest BCUT2D eigenvalue weighted by molar-refractivity contribution is 0.0620. The van der Waals surface area contributed by atoms with Gasteiger partial charge in [-0.2, -0.15) is 4.98 Å². The molecule has 9 heteroatoms. The summed E-state index contributed by atoms with van der Waals surface area (Å²) in [5.41, 5.74) is 0.721. The Balaban J connectivity index is 1.36. The molecule has 0 atom stereocenters. The molecule has 6 nitrogen and oxygen atoms in total. The van der Waals surface area contributed by atoms with Gasteiger partial charge in [0.15, 0.2) is 5.82 Å². The van der Waals surface area contributed by atoms with E-state index in [2.05, 4.69) is 15.0 Å². The van der Waals surface area contributed by atoms with E-state index < -0.39 is 5.82 Å². The van der Waals surface area contributed by atoms with Crippen molar-refractivity contribution in [3.63, 3.8) is 0 Å². The lowest BCUT2D eigenvalue weighted by atomic mass is 10.1. The van der Waals surface area contributed by atoms with Crippen molar-refractivity contribution in [3.05, 3.63) is 69.7 Å². The molecular weight excluding hydrogens is 418 g/mol. The number of hydrogen-bond donors (Lipinski definition) is 0. The van der Waals surface area contributed by atoms with Crippen molar-refractivity contribution in [2.45, 2.75) is 6.54 Å². The topological polar surface area (TPSA) is 62.5 Å². The molecule has 1 amide bonds. The summed E-state index contributed by atoms with van der Waals surface area (Å²) in [5, 5.41) is 4.98. The minimum Gasteiger partial charge on any atom is -0.336 e. The number of rotatable bonds is 4. The SMILES string of the molecule is O=C(c1ccccc1F)N1CCN(Cc2noc(-c3ccc(Cl)cc3Cl)n2)CC1. The molecule has 1 aliphatic rings. The molecular formula is C20H17Cl2FN4O2. The summed E-state index contributed by atoms with van der Waals surface area (Å²) in [5.74, 6) is 0.0667. The maximum atomic E-state index is 13.9. The van der Waals surface area contributed by atoms with Crippen LogP contribution in [0.5, 0.6) is 0 Å². The van der Waals surface area contributed by atoms with E-state index in [4.69, 9.17) is 27.7 Å². The average Bonchev–Trinajstić information content (AvgIpc) is 3.16. The summed E-state index contributed by atoms with van der Waals surface area (Å²) in [6.07, 6.45) is 0. The van der Waals surface area contributed by atoms with Gasteiger partial charge in [0.25, 0.3) is 11.8 Å². The lowest BCUT2D eigenvalue weighted by Gasteiger charge is -2.34. The van der Waals surface area contributed by atoms with E-state index in [0.29, 0.717) is 60.0 Å². The molecule has 0 spiro atoms. The van der Waals surface area contributed by atoms with Gasteiger partial charge in [-0.15, -0.1) is 0 Å². The van der Waals surface area contributed by atoms with Crippen LogP contribution in [0.2, 0.25) is 10.0 Å². The average molecular weight is 435 g/mol. The van der Waals surface area contributed by atoms with Crippen molar-refractivity contribution in [1.29, 1.82) is 0 Å². The van der Waals surface area contributed by atoms with Crippen LogP contribution in [0.1, 0.15) is 16.2 Å².